The number of thioether (sulfide) groups is 1. The van der Waals surface area contributed by atoms with Crippen LogP contribution >= 0.6 is 11.8 Å². The van der Waals surface area contributed by atoms with Crippen LogP contribution in [0.25, 0.3) is 0 Å². The SMILES string of the molecule is CC(O)C(C)SCc1ccnc(NN)c1. The molecule has 4 nitrogen and oxygen atoms in total. The van der Waals surface area contributed by atoms with Gasteiger partial charge in [0.2, 0.25) is 0 Å². The minimum Gasteiger partial charge on any atom is -0.392 e. The molecule has 0 aliphatic carbocycles. The first-order chi connectivity index (χ1) is 7.13. The van der Waals surface area contributed by atoms with Gasteiger partial charge < -0.3 is 10.5 Å². The van der Waals surface area contributed by atoms with Crippen LogP contribution in [0, 0.1) is 0 Å². The van der Waals surface area contributed by atoms with Crippen molar-refractivity contribution >= 4 is 17.6 Å². The van der Waals surface area contributed by atoms with E-state index >= 15 is 0 Å². The number of aliphatic hydroxyl groups excluding tert-OH is 1. The lowest BCUT2D eigenvalue weighted by Crippen LogP contribution is -2.15. The van der Waals surface area contributed by atoms with Gasteiger partial charge in [0.15, 0.2) is 0 Å². The van der Waals surface area contributed by atoms with Crippen LogP contribution in [0.1, 0.15) is 19.4 Å². The first kappa shape index (κ1) is 12.3. The Labute approximate surface area is 94.3 Å². The lowest BCUT2D eigenvalue weighted by atomic mass is 10.3. The third-order valence-corrected chi connectivity index (χ3v) is 3.58. The summed E-state index contributed by atoms with van der Waals surface area (Å²) in [6.07, 6.45) is 1.43. The summed E-state index contributed by atoms with van der Waals surface area (Å²) in [5.74, 6) is 6.78. The summed E-state index contributed by atoms with van der Waals surface area (Å²) in [6, 6.07) is 3.85. The molecule has 0 aliphatic heterocycles. The van der Waals surface area contributed by atoms with Gasteiger partial charge in [0.1, 0.15) is 5.82 Å². The molecule has 0 saturated heterocycles. The summed E-state index contributed by atoms with van der Waals surface area (Å²) in [5.41, 5.74) is 3.66. The summed E-state index contributed by atoms with van der Waals surface area (Å²) in [7, 11) is 0. The number of hydrogen-bond donors (Lipinski definition) is 3. The van der Waals surface area contributed by atoms with Gasteiger partial charge in [-0.2, -0.15) is 11.8 Å². The second-order valence-electron chi connectivity index (χ2n) is 3.45. The first-order valence-corrected chi connectivity index (χ1v) is 5.89. The van der Waals surface area contributed by atoms with Crippen molar-refractivity contribution in [3.05, 3.63) is 23.9 Å². The highest BCUT2D eigenvalue weighted by Gasteiger charge is 2.09. The molecule has 0 aliphatic rings. The van der Waals surface area contributed by atoms with Gasteiger partial charge in [0, 0.05) is 17.2 Å². The highest BCUT2D eigenvalue weighted by atomic mass is 32.2. The Morgan fingerprint density at radius 2 is 2.33 bits per heavy atom. The van der Waals surface area contributed by atoms with Crippen molar-refractivity contribution in [1.82, 2.24) is 4.98 Å². The molecular formula is C10H17N3OS. The zero-order chi connectivity index (χ0) is 11.3. The first-order valence-electron chi connectivity index (χ1n) is 4.84. The zero-order valence-electron chi connectivity index (χ0n) is 8.97. The number of nitrogens with zero attached hydrogens (tertiary/aromatic N) is 1. The molecule has 1 heterocycles. The molecule has 0 bridgehead atoms. The van der Waals surface area contributed by atoms with Crippen LogP contribution in [-0.2, 0) is 5.75 Å². The summed E-state index contributed by atoms with van der Waals surface area (Å²) in [4.78, 5) is 4.03. The van der Waals surface area contributed by atoms with Crippen molar-refractivity contribution in [3.8, 4) is 0 Å². The molecule has 1 aromatic heterocycles. The number of rotatable bonds is 5. The molecule has 4 N–H and O–H groups in total. The van der Waals surface area contributed by atoms with E-state index in [4.69, 9.17) is 5.84 Å². The molecule has 0 radical (unpaired) electrons. The Bertz CT molecular complexity index is 306. The Morgan fingerprint density at radius 3 is 2.93 bits per heavy atom. The van der Waals surface area contributed by atoms with Crippen molar-refractivity contribution in [2.24, 2.45) is 5.84 Å². The van der Waals surface area contributed by atoms with Crippen molar-refractivity contribution < 1.29 is 5.11 Å². The van der Waals surface area contributed by atoms with Crippen LogP contribution in [0.4, 0.5) is 5.82 Å². The molecule has 15 heavy (non-hydrogen) atoms. The molecule has 0 saturated carbocycles. The fourth-order valence-electron chi connectivity index (χ4n) is 1.01. The van der Waals surface area contributed by atoms with Crippen LogP contribution < -0.4 is 11.3 Å². The average Bonchev–Trinajstić information content (AvgIpc) is 2.26. The van der Waals surface area contributed by atoms with Gasteiger partial charge in [-0.15, -0.1) is 0 Å². The number of nitrogen functional groups attached to an aromatic ring is 1. The van der Waals surface area contributed by atoms with E-state index in [1.165, 1.54) is 0 Å². The molecule has 84 valence electrons. The molecule has 0 spiro atoms. The highest BCUT2D eigenvalue weighted by Crippen LogP contribution is 2.20. The minimum atomic E-state index is -0.288. The number of hydrazine groups is 1. The van der Waals surface area contributed by atoms with E-state index in [2.05, 4.69) is 10.4 Å². The van der Waals surface area contributed by atoms with E-state index in [-0.39, 0.29) is 11.4 Å². The smallest absolute Gasteiger partial charge is 0.140 e. The van der Waals surface area contributed by atoms with Crippen molar-refractivity contribution in [1.29, 1.82) is 0 Å². The third kappa shape index (κ3) is 4.07. The van der Waals surface area contributed by atoms with E-state index in [9.17, 15) is 5.11 Å². The summed E-state index contributed by atoms with van der Waals surface area (Å²) in [6.45, 7) is 3.82. The summed E-state index contributed by atoms with van der Waals surface area (Å²) in [5, 5.41) is 9.56. The predicted octanol–water partition coefficient (Wildman–Crippen LogP) is 1.37. The van der Waals surface area contributed by atoms with E-state index in [0.29, 0.717) is 5.82 Å². The van der Waals surface area contributed by atoms with Crippen LogP contribution in [0.15, 0.2) is 18.3 Å². The Balaban J connectivity index is 2.50. The van der Waals surface area contributed by atoms with Gasteiger partial charge in [-0.05, 0) is 24.6 Å². The monoisotopic (exact) mass is 227 g/mol. The average molecular weight is 227 g/mol. The molecule has 0 aromatic carbocycles. The standard InChI is InChI=1S/C10H17N3OS/c1-7(14)8(2)15-6-9-3-4-12-10(5-9)13-11/h3-5,7-8,14H,6,11H2,1-2H3,(H,12,13). The molecule has 2 atom stereocenters. The number of nitrogens with two attached hydrogens (primary N) is 1. The molecule has 2 unspecified atom stereocenters. The number of aromatic nitrogens is 1. The highest BCUT2D eigenvalue weighted by molar-refractivity contribution is 7.99. The molecule has 0 amide bonds. The topological polar surface area (TPSA) is 71.2 Å². The fraction of sp³-hybridized carbons (Fsp3) is 0.500. The summed E-state index contributed by atoms with van der Waals surface area (Å²) < 4.78 is 0. The van der Waals surface area contributed by atoms with Crippen LogP contribution in [0.2, 0.25) is 0 Å². The number of hydrogen-bond acceptors (Lipinski definition) is 5. The minimum absolute atomic E-state index is 0.229. The number of nitrogens with one attached hydrogen (secondary N) is 1. The summed E-state index contributed by atoms with van der Waals surface area (Å²) >= 11 is 1.71. The maximum atomic E-state index is 9.33. The molecular weight excluding hydrogens is 210 g/mol. The van der Waals surface area contributed by atoms with Crippen LogP contribution in [-0.4, -0.2) is 21.4 Å². The van der Waals surface area contributed by atoms with Gasteiger partial charge in [-0.25, -0.2) is 10.8 Å². The lowest BCUT2D eigenvalue weighted by molar-refractivity contribution is 0.196. The lowest BCUT2D eigenvalue weighted by Gasteiger charge is -2.13. The quantitative estimate of drug-likeness (QED) is 0.523. The van der Waals surface area contributed by atoms with Gasteiger partial charge in [-0.1, -0.05) is 6.92 Å². The third-order valence-electron chi connectivity index (χ3n) is 2.16. The van der Waals surface area contributed by atoms with Crippen LogP contribution in [0.5, 0.6) is 0 Å². The van der Waals surface area contributed by atoms with Crippen molar-refractivity contribution in [3.63, 3.8) is 0 Å². The van der Waals surface area contributed by atoms with Crippen LogP contribution in [0.3, 0.4) is 0 Å². The fourth-order valence-corrected chi connectivity index (χ4v) is 1.92. The van der Waals surface area contributed by atoms with Gasteiger partial charge in [0.05, 0.1) is 6.10 Å². The Kier molecular flexibility index (Phi) is 4.87. The Morgan fingerprint density at radius 1 is 1.60 bits per heavy atom. The van der Waals surface area contributed by atoms with Gasteiger partial charge >= 0.3 is 0 Å². The second-order valence-corrected chi connectivity index (χ2v) is 4.82. The normalized spacial score (nSPS) is 14.7. The number of aliphatic hydroxyl groups is 1. The molecule has 0 fully saturated rings. The molecule has 1 rings (SSSR count). The van der Waals surface area contributed by atoms with E-state index in [1.807, 2.05) is 19.1 Å². The second kappa shape index (κ2) is 5.95. The van der Waals surface area contributed by atoms with E-state index in [0.717, 1.165) is 11.3 Å². The van der Waals surface area contributed by atoms with E-state index in [1.54, 1.807) is 24.9 Å². The zero-order valence-corrected chi connectivity index (χ0v) is 9.79. The largest absolute Gasteiger partial charge is 0.392 e. The predicted molar refractivity (Wildman–Crippen MR) is 64.5 cm³/mol. The maximum absolute atomic E-state index is 9.33. The molecule has 1 aromatic rings. The number of pyridine rings is 1. The van der Waals surface area contributed by atoms with Gasteiger partial charge in [0.25, 0.3) is 0 Å². The van der Waals surface area contributed by atoms with Crippen molar-refractivity contribution in [2.45, 2.75) is 31.0 Å². The maximum Gasteiger partial charge on any atom is 0.140 e. The molecule has 5 heteroatoms. The number of anilines is 1. The Hall–Kier alpha value is -0.780. The van der Waals surface area contributed by atoms with E-state index < -0.39 is 0 Å². The van der Waals surface area contributed by atoms with Crippen molar-refractivity contribution in [2.75, 3.05) is 5.43 Å². The van der Waals surface area contributed by atoms with Gasteiger partial charge in [-0.3, -0.25) is 0 Å².